The van der Waals surface area contributed by atoms with Gasteiger partial charge in [0, 0.05) is 12.0 Å². The Kier molecular flexibility index (Phi) is 7.80. The van der Waals surface area contributed by atoms with Gasteiger partial charge < -0.3 is 14.6 Å². The molecule has 0 heterocycles. The summed E-state index contributed by atoms with van der Waals surface area (Å²) in [6.07, 6.45) is -0.229. The van der Waals surface area contributed by atoms with E-state index in [1.165, 1.54) is 5.56 Å². The third-order valence-corrected chi connectivity index (χ3v) is 6.33. The molecular formula is C34H28O4. The molecule has 4 nitrogen and oxygen atoms in total. The third kappa shape index (κ3) is 6.29. The maximum Gasteiger partial charge on any atom is 0.349 e. The van der Waals surface area contributed by atoms with Gasteiger partial charge >= 0.3 is 5.97 Å². The summed E-state index contributed by atoms with van der Waals surface area (Å²) < 4.78 is 12.0. The van der Waals surface area contributed by atoms with E-state index in [1.54, 1.807) is 36.4 Å². The van der Waals surface area contributed by atoms with Crippen molar-refractivity contribution in [3.05, 3.63) is 156 Å². The molecule has 0 aromatic heterocycles. The van der Waals surface area contributed by atoms with Crippen LogP contribution in [-0.4, -0.2) is 11.1 Å². The standard InChI is InChI=1S/C34H28O4/c35-34(36)33(29-11-5-2-6-12-29)38-31-21-19-28(20-22-31)27-17-15-26(16-18-27)24-37-32-14-8-7-13-30(32)23-25-9-3-1-4-10-25/h1-22,33H,23-24H2,(H,35,36). The monoisotopic (exact) mass is 500 g/mol. The van der Waals surface area contributed by atoms with Gasteiger partial charge in [0.2, 0.25) is 6.10 Å². The number of hydrogen-bond donors (Lipinski definition) is 1. The molecule has 188 valence electrons. The van der Waals surface area contributed by atoms with Crippen molar-refractivity contribution >= 4 is 5.97 Å². The predicted octanol–water partition coefficient (Wildman–Crippen LogP) is 7.73. The summed E-state index contributed by atoms with van der Waals surface area (Å²) in [5.74, 6) is 0.371. The highest BCUT2D eigenvalue weighted by Crippen LogP contribution is 2.27. The lowest BCUT2D eigenvalue weighted by Gasteiger charge is -2.16. The van der Waals surface area contributed by atoms with Crippen molar-refractivity contribution in [2.45, 2.75) is 19.1 Å². The lowest BCUT2D eigenvalue weighted by Crippen LogP contribution is -2.18. The maximum absolute atomic E-state index is 11.7. The highest BCUT2D eigenvalue weighted by Gasteiger charge is 2.21. The van der Waals surface area contributed by atoms with E-state index in [4.69, 9.17) is 9.47 Å². The Bertz CT molecular complexity index is 1460. The number of hydrogen-bond acceptors (Lipinski definition) is 3. The highest BCUT2D eigenvalue weighted by molar-refractivity contribution is 5.75. The van der Waals surface area contributed by atoms with E-state index in [0.29, 0.717) is 17.9 Å². The molecule has 0 fully saturated rings. The summed E-state index contributed by atoms with van der Waals surface area (Å²) in [6.45, 7) is 0.481. The lowest BCUT2D eigenvalue weighted by atomic mass is 10.0. The number of carboxylic acids is 1. The van der Waals surface area contributed by atoms with Crippen molar-refractivity contribution in [3.8, 4) is 22.6 Å². The van der Waals surface area contributed by atoms with Crippen molar-refractivity contribution < 1.29 is 19.4 Å². The molecule has 0 aliphatic carbocycles. The van der Waals surface area contributed by atoms with Gasteiger partial charge in [0.05, 0.1) is 0 Å². The fourth-order valence-corrected chi connectivity index (χ4v) is 4.31. The van der Waals surface area contributed by atoms with E-state index >= 15 is 0 Å². The SMILES string of the molecule is O=C(O)C(Oc1ccc(-c2ccc(COc3ccccc3Cc3ccccc3)cc2)cc1)c1ccccc1. The van der Waals surface area contributed by atoms with Crippen molar-refractivity contribution in [3.63, 3.8) is 0 Å². The number of benzene rings is 5. The normalized spacial score (nSPS) is 11.5. The molecule has 0 saturated heterocycles. The van der Waals surface area contributed by atoms with E-state index in [2.05, 4.69) is 54.6 Å². The van der Waals surface area contributed by atoms with Gasteiger partial charge in [0.25, 0.3) is 0 Å². The average molecular weight is 501 g/mol. The molecule has 1 N–H and O–H groups in total. The molecule has 4 heteroatoms. The largest absolute Gasteiger partial charge is 0.489 e. The number of carbonyl (C=O) groups is 1. The molecule has 0 amide bonds. The van der Waals surface area contributed by atoms with Gasteiger partial charge in [-0.05, 0) is 46.0 Å². The zero-order valence-electron chi connectivity index (χ0n) is 20.9. The first-order chi connectivity index (χ1) is 18.7. The number of rotatable bonds is 10. The van der Waals surface area contributed by atoms with Crippen molar-refractivity contribution in [2.24, 2.45) is 0 Å². The van der Waals surface area contributed by atoms with Crippen LogP contribution in [0.25, 0.3) is 11.1 Å². The zero-order chi connectivity index (χ0) is 26.2. The molecular weight excluding hydrogens is 472 g/mol. The van der Waals surface area contributed by atoms with Crippen molar-refractivity contribution in [1.29, 1.82) is 0 Å². The predicted molar refractivity (Wildman–Crippen MR) is 149 cm³/mol. The van der Waals surface area contributed by atoms with E-state index in [0.717, 1.165) is 34.4 Å². The van der Waals surface area contributed by atoms with Crippen molar-refractivity contribution in [2.75, 3.05) is 0 Å². The first-order valence-corrected chi connectivity index (χ1v) is 12.5. The quantitative estimate of drug-likeness (QED) is 0.213. The molecule has 0 spiro atoms. The Morgan fingerprint density at radius 1 is 0.632 bits per heavy atom. The summed E-state index contributed by atoms with van der Waals surface area (Å²) in [7, 11) is 0. The van der Waals surface area contributed by atoms with E-state index in [-0.39, 0.29) is 0 Å². The smallest absolute Gasteiger partial charge is 0.349 e. The molecule has 38 heavy (non-hydrogen) atoms. The van der Waals surface area contributed by atoms with Gasteiger partial charge in [-0.3, -0.25) is 0 Å². The average Bonchev–Trinajstić information content (AvgIpc) is 2.97. The van der Waals surface area contributed by atoms with Crippen LogP contribution < -0.4 is 9.47 Å². The van der Waals surface area contributed by atoms with Crippen LogP contribution in [0, 0.1) is 0 Å². The number of aliphatic carboxylic acids is 1. The summed E-state index contributed by atoms with van der Waals surface area (Å²) >= 11 is 0. The summed E-state index contributed by atoms with van der Waals surface area (Å²) in [6, 6.07) is 43.2. The second-order valence-electron chi connectivity index (χ2n) is 9.03. The van der Waals surface area contributed by atoms with Gasteiger partial charge in [0.1, 0.15) is 18.1 Å². The third-order valence-electron chi connectivity index (χ3n) is 6.33. The maximum atomic E-state index is 11.7. The minimum absolute atomic E-state index is 0.481. The van der Waals surface area contributed by atoms with Crippen LogP contribution in [0.4, 0.5) is 0 Å². The fraction of sp³-hybridized carbons (Fsp3) is 0.0882. The molecule has 0 radical (unpaired) electrons. The van der Waals surface area contributed by atoms with E-state index in [9.17, 15) is 9.90 Å². The minimum Gasteiger partial charge on any atom is -0.489 e. The molecule has 5 rings (SSSR count). The van der Waals surface area contributed by atoms with Crippen LogP contribution in [0.2, 0.25) is 0 Å². The van der Waals surface area contributed by atoms with E-state index < -0.39 is 12.1 Å². The second kappa shape index (κ2) is 11.9. The van der Waals surface area contributed by atoms with Gasteiger partial charge in [0.15, 0.2) is 0 Å². The summed E-state index contributed by atoms with van der Waals surface area (Å²) in [4.78, 5) is 11.7. The molecule has 1 unspecified atom stereocenters. The Balaban J connectivity index is 1.22. The molecule has 0 aliphatic rings. The number of carboxylic acid groups (broad SMARTS) is 1. The summed E-state index contributed by atoms with van der Waals surface area (Å²) in [5.41, 5.74) is 6.17. The Morgan fingerprint density at radius 3 is 1.87 bits per heavy atom. The van der Waals surface area contributed by atoms with Crippen LogP contribution in [0.5, 0.6) is 11.5 Å². The van der Waals surface area contributed by atoms with Gasteiger partial charge in [-0.2, -0.15) is 0 Å². The van der Waals surface area contributed by atoms with Crippen LogP contribution in [0.3, 0.4) is 0 Å². The lowest BCUT2D eigenvalue weighted by molar-refractivity contribution is -0.145. The van der Waals surface area contributed by atoms with Gasteiger partial charge in [-0.1, -0.05) is 115 Å². The van der Waals surface area contributed by atoms with Crippen LogP contribution in [-0.2, 0) is 17.8 Å². The Morgan fingerprint density at radius 2 is 1.21 bits per heavy atom. The topological polar surface area (TPSA) is 55.8 Å². The van der Waals surface area contributed by atoms with Gasteiger partial charge in [-0.25, -0.2) is 4.79 Å². The Hall–Kier alpha value is -4.83. The number of para-hydroxylation sites is 1. The van der Waals surface area contributed by atoms with Crippen LogP contribution in [0.1, 0.15) is 28.4 Å². The van der Waals surface area contributed by atoms with Gasteiger partial charge in [-0.15, -0.1) is 0 Å². The first kappa shape index (κ1) is 24.8. The molecule has 0 saturated carbocycles. The Labute approximate surface area is 222 Å². The minimum atomic E-state index is -1.06. The molecule has 0 aliphatic heterocycles. The van der Waals surface area contributed by atoms with Crippen LogP contribution in [0.15, 0.2) is 133 Å². The summed E-state index contributed by atoms with van der Waals surface area (Å²) in [5, 5.41) is 9.61. The first-order valence-electron chi connectivity index (χ1n) is 12.5. The van der Waals surface area contributed by atoms with E-state index in [1.807, 2.05) is 42.5 Å². The molecule has 5 aromatic carbocycles. The molecule has 5 aromatic rings. The van der Waals surface area contributed by atoms with Crippen LogP contribution >= 0.6 is 0 Å². The number of ether oxygens (including phenoxy) is 2. The molecule has 1 atom stereocenters. The molecule has 0 bridgehead atoms. The fourth-order valence-electron chi connectivity index (χ4n) is 4.31. The second-order valence-corrected chi connectivity index (χ2v) is 9.03. The highest BCUT2D eigenvalue weighted by atomic mass is 16.5. The van der Waals surface area contributed by atoms with Crippen molar-refractivity contribution in [1.82, 2.24) is 0 Å². The zero-order valence-corrected chi connectivity index (χ0v) is 20.9.